The summed E-state index contributed by atoms with van der Waals surface area (Å²) in [5, 5.41) is 15.0. The van der Waals surface area contributed by atoms with Crippen LogP contribution >= 0.6 is 11.3 Å². The number of hydrogen-bond acceptors (Lipinski definition) is 6. The molecule has 0 aliphatic rings. The number of hydrazone groups is 1. The number of amides is 1. The highest BCUT2D eigenvalue weighted by Gasteiger charge is 2.09. The first kappa shape index (κ1) is 20.1. The highest BCUT2D eigenvalue weighted by Crippen LogP contribution is 2.29. The normalized spacial score (nSPS) is 10.5. The van der Waals surface area contributed by atoms with E-state index in [1.54, 1.807) is 30.5 Å². The average molecular weight is 405 g/mol. The molecule has 1 amide bonds. The van der Waals surface area contributed by atoms with Crippen LogP contribution < -0.4 is 14.9 Å². The molecule has 146 valence electrons. The smallest absolute Gasteiger partial charge is 0.281 e. The fourth-order valence-corrected chi connectivity index (χ4v) is 3.15. The molecule has 0 bridgehead atoms. The maximum Gasteiger partial charge on any atom is 0.281 e. The van der Waals surface area contributed by atoms with E-state index in [2.05, 4.69) is 16.6 Å². The van der Waals surface area contributed by atoms with Gasteiger partial charge < -0.3 is 9.47 Å². The molecule has 7 heteroatoms. The molecule has 3 aromatic rings. The van der Waals surface area contributed by atoms with Gasteiger partial charge in [-0.3, -0.25) is 4.79 Å². The fraction of sp³-hybridized carbons (Fsp3) is 0.136. The van der Waals surface area contributed by atoms with E-state index in [-0.39, 0.29) is 12.5 Å². The van der Waals surface area contributed by atoms with Crippen LogP contribution in [0.15, 0.2) is 65.1 Å². The Hall–Kier alpha value is -3.63. The van der Waals surface area contributed by atoms with Gasteiger partial charge in [0.15, 0.2) is 11.5 Å². The van der Waals surface area contributed by atoms with Gasteiger partial charge in [0.25, 0.3) is 5.91 Å². The Morgan fingerprint density at radius 3 is 2.79 bits per heavy atom. The summed E-state index contributed by atoms with van der Waals surface area (Å²) in [5.41, 5.74) is 4.64. The molecule has 1 heterocycles. The summed E-state index contributed by atoms with van der Waals surface area (Å²) in [6.07, 6.45) is 1.54. The van der Waals surface area contributed by atoms with Crippen molar-refractivity contribution in [3.63, 3.8) is 0 Å². The van der Waals surface area contributed by atoms with E-state index in [0.29, 0.717) is 28.5 Å². The lowest BCUT2D eigenvalue weighted by Crippen LogP contribution is -2.16. The van der Waals surface area contributed by atoms with Crippen LogP contribution in [0.3, 0.4) is 0 Å². The van der Waals surface area contributed by atoms with E-state index in [0.717, 1.165) is 11.1 Å². The zero-order valence-corrected chi connectivity index (χ0v) is 16.6. The second-order valence-electron chi connectivity index (χ2n) is 5.87. The third-order valence-electron chi connectivity index (χ3n) is 3.91. The van der Waals surface area contributed by atoms with Gasteiger partial charge in [0.1, 0.15) is 6.61 Å². The van der Waals surface area contributed by atoms with Crippen molar-refractivity contribution in [3.8, 4) is 17.6 Å². The van der Waals surface area contributed by atoms with E-state index < -0.39 is 0 Å². The van der Waals surface area contributed by atoms with Crippen LogP contribution in [-0.4, -0.2) is 18.7 Å². The Bertz CT molecular complexity index is 1040. The Morgan fingerprint density at radius 1 is 1.17 bits per heavy atom. The molecule has 0 aliphatic carbocycles. The summed E-state index contributed by atoms with van der Waals surface area (Å²) in [4.78, 5) is 12.5. The molecule has 2 aromatic carbocycles. The van der Waals surface area contributed by atoms with Gasteiger partial charge in [-0.15, -0.1) is 11.3 Å². The van der Waals surface area contributed by atoms with Crippen LogP contribution in [-0.2, 0) is 6.61 Å². The van der Waals surface area contributed by atoms with Crippen molar-refractivity contribution < 1.29 is 14.3 Å². The van der Waals surface area contributed by atoms with E-state index >= 15 is 0 Å². The maximum absolute atomic E-state index is 11.9. The predicted molar refractivity (Wildman–Crippen MR) is 112 cm³/mol. The summed E-state index contributed by atoms with van der Waals surface area (Å²) in [7, 11) is 0. The van der Waals surface area contributed by atoms with Crippen LogP contribution in [0, 0.1) is 11.3 Å². The molecular formula is C22H19N3O3S. The minimum atomic E-state index is -0.252. The summed E-state index contributed by atoms with van der Waals surface area (Å²) < 4.78 is 11.5. The average Bonchev–Trinajstić information content (AvgIpc) is 3.28. The molecule has 0 atom stereocenters. The van der Waals surface area contributed by atoms with Gasteiger partial charge in [0, 0.05) is 5.56 Å². The number of nitrogens with zero attached hydrogens (tertiary/aromatic N) is 2. The maximum atomic E-state index is 11.9. The number of thiophene rings is 1. The Morgan fingerprint density at radius 2 is 2.03 bits per heavy atom. The number of benzene rings is 2. The van der Waals surface area contributed by atoms with Crippen molar-refractivity contribution in [3.05, 3.63) is 81.5 Å². The Labute approximate surface area is 173 Å². The Balaban J connectivity index is 1.69. The monoisotopic (exact) mass is 405 g/mol. The van der Waals surface area contributed by atoms with Crippen LogP contribution in [0.2, 0.25) is 0 Å². The highest BCUT2D eigenvalue weighted by molar-refractivity contribution is 7.12. The van der Waals surface area contributed by atoms with Gasteiger partial charge in [-0.05, 0) is 48.2 Å². The lowest BCUT2D eigenvalue weighted by atomic mass is 10.1. The van der Waals surface area contributed by atoms with E-state index in [1.807, 2.05) is 42.6 Å². The predicted octanol–water partition coefficient (Wildman–Crippen LogP) is 4.36. The molecule has 1 N–H and O–H groups in total. The van der Waals surface area contributed by atoms with E-state index in [9.17, 15) is 10.1 Å². The van der Waals surface area contributed by atoms with Gasteiger partial charge >= 0.3 is 0 Å². The standard InChI is InChI=1S/C22H19N3O3S/c1-2-27-20-12-16(14-24-25-22(26)21-8-5-11-29-21)9-10-19(20)28-15-18-7-4-3-6-17(18)13-23/h3-12,14H,2,15H2,1H3,(H,25,26)/b24-14+. The second kappa shape index (κ2) is 10.1. The van der Waals surface area contributed by atoms with Gasteiger partial charge in [-0.25, -0.2) is 5.43 Å². The number of nitrogens with one attached hydrogen (secondary N) is 1. The summed E-state index contributed by atoms with van der Waals surface area (Å²) >= 11 is 1.35. The van der Waals surface area contributed by atoms with Gasteiger partial charge in [-0.2, -0.15) is 10.4 Å². The topological polar surface area (TPSA) is 83.7 Å². The molecule has 0 unspecified atom stereocenters. The number of carbonyl (C=O) groups is 1. The SMILES string of the molecule is CCOc1cc(/C=N/NC(=O)c2cccs2)ccc1OCc1ccccc1C#N. The van der Waals surface area contributed by atoms with Crippen LogP contribution in [0.1, 0.15) is 33.3 Å². The number of nitriles is 1. The highest BCUT2D eigenvalue weighted by atomic mass is 32.1. The number of carbonyl (C=O) groups excluding carboxylic acids is 1. The van der Waals surface area contributed by atoms with E-state index in [1.165, 1.54) is 11.3 Å². The molecular weight excluding hydrogens is 386 g/mol. The minimum absolute atomic E-state index is 0.252. The minimum Gasteiger partial charge on any atom is -0.490 e. The zero-order chi connectivity index (χ0) is 20.5. The number of rotatable bonds is 8. The fourth-order valence-electron chi connectivity index (χ4n) is 2.53. The quantitative estimate of drug-likeness (QED) is 0.446. The molecule has 3 rings (SSSR count). The lowest BCUT2D eigenvalue weighted by molar-refractivity contribution is 0.0959. The van der Waals surface area contributed by atoms with Crippen LogP contribution in [0.5, 0.6) is 11.5 Å². The van der Waals surface area contributed by atoms with Crippen LogP contribution in [0.4, 0.5) is 0 Å². The third kappa shape index (κ3) is 5.43. The first-order valence-electron chi connectivity index (χ1n) is 8.96. The lowest BCUT2D eigenvalue weighted by Gasteiger charge is -2.13. The number of hydrogen-bond donors (Lipinski definition) is 1. The zero-order valence-electron chi connectivity index (χ0n) is 15.8. The largest absolute Gasteiger partial charge is 0.490 e. The second-order valence-corrected chi connectivity index (χ2v) is 6.82. The van der Waals surface area contributed by atoms with Crippen molar-refractivity contribution in [2.45, 2.75) is 13.5 Å². The van der Waals surface area contributed by atoms with Gasteiger partial charge in [-0.1, -0.05) is 24.3 Å². The third-order valence-corrected chi connectivity index (χ3v) is 4.78. The van der Waals surface area contributed by atoms with Gasteiger partial charge in [0.05, 0.1) is 29.3 Å². The first-order chi connectivity index (χ1) is 14.2. The van der Waals surface area contributed by atoms with Crippen molar-refractivity contribution in [2.75, 3.05) is 6.61 Å². The summed E-state index contributed by atoms with van der Waals surface area (Å²) in [6, 6.07) is 18.4. The molecule has 29 heavy (non-hydrogen) atoms. The molecule has 1 aromatic heterocycles. The molecule has 6 nitrogen and oxygen atoms in total. The van der Waals surface area contributed by atoms with Crippen molar-refractivity contribution in [2.24, 2.45) is 5.10 Å². The molecule has 0 spiro atoms. The molecule has 0 saturated heterocycles. The number of ether oxygens (including phenoxy) is 2. The molecule has 0 aliphatic heterocycles. The molecule has 0 fully saturated rings. The van der Waals surface area contributed by atoms with Crippen molar-refractivity contribution in [1.29, 1.82) is 5.26 Å². The Kier molecular flexibility index (Phi) is 6.98. The molecule has 0 radical (unpaired) electrons. The van der Waals surface area contributed by atoms with Crippen molar-refractivity contribution in [1.82, 2.24) is 5.43 Å². The molecule has 0 saturated carbocycles. The first-order valence-corrected chi connectivity index (χ1v) is 9.83. The summed E-state index contributed by atoms with van der Waals surface area (Å²) in [5.74, 6) is 0.882. The van der Waals surface area contributed by atoms with E-state index in [4.69, 9.17) is 9.47 Å². The van der Waals surface area contributed by atoms with Gasteiger partial charge in [0.2, 0.25) is 0 Å². The summed E-state index contributed by atoms with van der Waals surface area (Å²) in [6.45, 7) is 2.62. The van der Waals surface area contributed by atoms with Crippen molar-refractivity contribution >= 4 is 23.5 Å². The van der Waals surface area contributed by atoms with Crippen LogP contribution in [0.25, 0.3) is 0 Å².